The van der Waals surface area contributed by atoms with Crippen molar-refractivity contribution in [2.24, 2.45) is 5.92 Å². The molecule has 10 heteroatoms. The molecule has 1 amide bonds. The van der Waals surface area contributed by atoms with Crippen LogP contribution in [-0.2, 0) is 12.7 Å². The van der Waals surface area contributed by atoms with Gasteiger partial charge in [0.25, 0.3) is 5.91 Å². The minimum absolute atomic E-state index is 0.120. The van der Waals surface area contributed by atoms with E-state index in [0.717, 1.165) is 24.0 Å². The van der Waals surface area contributed by atoms with Crippen molar-refractivity contribution in [1.29, 1.82) is 0 Å². The van der Waals surface area contributed by atoms with Crippen molar-refractivity contribution >= 4 is 17.7 Å². The smallest absolute Gasteiger partial charge is 0.435 e. The number of rotatable bonds is 6. The van der Waals surface area contributed by atoms with Crippen LogP contribution in [-0.4, -0.2) is 44.2 Å². The first-order chi connectivity index (χ1) is 13.2. The molecule has 2 N–H and O–H groups in total. The zero-order valence-electron chi connectivity index (χ0n) is 14.8. The molecule has 1 unspecified atom stereocenters. The highest BCUT2D eigenvalue weighted by Crippen LogP contribution is 2.29. The third kappa shape index (κ3) is 4.98. The predicted octanol–water partition coefficient (Wildman–Crippen LogP) is 4.06. The number of thioether (sulfide) groups is 1. The quantitative estimate of drug-likeness (QED) is 0.696. The summed E-state index contributed by atoms with van der Waals surface area (Å²) in [4.78, 5) is 14.1. The Morgan fingerprint density at radius 2 is 2.14 bits per heavy atom. The van der Waals surface area contributed by atoms with Gasteiger partial charge in [0.15, 0.2) is 5.69 Å². The summed E-state index contributed by atoms with van der Waals surface area (Å²) >= 11 is 1.82. The van der Waals surface area contributed by atoms with Gasteiger partial charge in [0.1, 0.15) is 17.3 Å². The topological polar surface area (TPSA) is 69.2 Å². The predicted molar refractivity (Wildman–Crippen MR) is 96.4 cm³/mol. The first-order valence-corrected chi connectivity index (χ1v) is 9.86. The zero-order valence-corrected chi connectivity index (χ0v) is 15.6. The van der Waals surface area contributed by atoms with Crippen molar-refractivity contribution in [2.75, 3.05) is 18.1 Å². The number of aromatic amines is 1. The fourth-order valence-corrected chi connectivity index (χ4v) is 4.35. The number of halogens is 4. The molecule has 2 aromatic rings. The number of hydrogen-bond donors (Lipinski definition) is 2. The van der Waals surface area contributed by atoms with E-state index >= 15 is 0 Å². The Kier molecular flexibility index (Phi) is 6.17. The van der Waals surface area contributed by atoms with Crippen molar-refractivity contribution < 1.29 is 27.5 Å². The van der Waals surface area contributed by atoms with Crippen LogP contribution in [0.1, 0.15) is 34.6 Å². The SMILES string of the molecule is O=C(c1cc(C(F)(F)F)n[nH]1)N(CCC1CCSC1)Cc1ccc(O)cc1F. The minimum atomic E-state index is -4.66. The van der Waals surface area contributed by atoms with Crippen LogP contribution < -0.4 is 0 Å². The number of amides is 1. The number of nitrogens with zero attached hydrogens (tertiary/aromatic N) is 2. The summed E-state index contributed by atoms with van der Waals surface area (Å²) in [6.07, 6.45) is -2.97. The molecule has 1 aliphatic heterocycles. The number of phenols is 1. The average molecular weight is 417 g/mol. The molecule has 5 nitrogen and oxygen atoms in total. The first kappa shape index (κ1) is 20.5. The number of carbonyl (C=O) groups excluding carboxylic acids is 1. The van der Waals surface area contributed by atoms with Crippen LogP contribution in [0.5, 0.6) is 5.75 Å². The Bertz CT molecular complexity index is 834. The lowest BCUT2D eigenvalue weighted by Gasteiger charge is -2.24. The summed E-state index contributed by atoms with van der Waals surface area (Å²) in [5, 5.41) is 14.6. The Labute approximate surface area is 163 Å². The van der Waals surface area contributed by atoms with Gasteiger partial charge in [-0.25, -0.2) is 4.39 Å². The molecule has 2 heterocycles. The number of carbonyl (C=O) groups is 1. The summed E-state index contributed by atoms with van der Waals surface area (Å²) in [5.74, 6) is 0.817. The molecule has 1 fully saturated rings. The summed E-state index contributed by atoms with van der Waals surface area (Å²) in [6.45, 7) is 0.163. The highest BCUT2D eigenvalue weighted by atomic mass is 32.2. The number of benzene rings is 1. The second-order valence-corrected chi connectivity index (χ2v) is 7.84. The number of H-pyrrole nitrogens is 1. The Morgan fingerprint density at radius 1 is 1.36 bits per heavy atom. The molecule has 3 rings (SSSR count). The third-order valence-electron chi connectivity index (χ3n) is 4.62. The van der Waals surface area contributed by atoms with E-state index in [2.05, 4.69) is 10.2 Å². The van der Waals surface area contributed by atoms with Crippen LogP contribution in [0, 0.1) is 11.7 Å². The molecule has 152 valence electrons. The molecule has 0 bridgehead atoms. The van der Waals surface area contributed by atoms with Crippen LogP contribution >= 0.6 is 11.8 Å². The van der Waals surface area contributed by atoms with Gasteiger partial charge in [-0.05, 0) is 36.3 Å². The van der Waals surface area contributed by atoms with Crippen molar-refractivity contribution in [1.82, 2.24) is 15.1 Å². The molecule has 1 aromatic carbocycles. The molecule has 1 aliphatic rings. The lowest BCUT2D eigenvalue weighted by Crippen LogP contribution is -2.33. The third-order valence-corrected chi connectivity index (χ3v) is 5.85. The van der Waals surface area contributed by atoms with E-state index in [1.54, 1.807) is 0 Å². The number of hydrogen-bond acceptors (Lipinski definition) is 4. The number of aromatic hydroxyl groups is 1. The van der Waals surface area contributed by atoms with Crippen molar-refractivity contribution in [3.8, 4) is 5.75 Å². The van der Waals surface area contributed by atoms with Crippen molar-refractivity contribution in [3.05, 3.63) is 47.0 Å². The number of phenolic OH excluding ortho intramolecular Hbond substituents is 1. The normalized spacial score (nSPS) is 17.1. The van der Waals surface area contributed by atoms with Gasteiger partial charge in [0, 0.05) is 30.8 Å². The molecule has 1 aromatic heterocycles. The van der Waals surface area contributed by atoms with Crippen LogP contribution in [0.25, 0.3) is 0 Å². The zero-order chi connectivity index (χ0) is 20.3. The molecule has 0 spiro atoms. The molecule has 28 heavy (non-hydrogen) atoms. The van der Waals surface area contributed by atoms with Gasteiger partial charge >= 0.3 is 6.18 Å². The average Bonchev–Trinajstić information content (AvgIpc) is 3.31. The largest absolute Gasteiger partial charge is 0.508 e. The monoisotopic (exact) mass is 417 g/mol. The van der Waals surface area contributed by atoms with Crippen LogP contribution in [0.4, 0.5) is 17.6 Å². The fraction of sp³-hybridized carbons (Fsp3) is 0.444. The van der Waals surface area contributed by atoms with E-state index in [1.807, 2.05) is 11.8 Å². The highest BCUT2D eigenvalue weighted by Gasteiger charge is 2.35. The molecular weight excluding hydrogens is 398 g/mol. The minimum Gasteiger partial charge on any atom is -0.508 e. The van der Waals surface area contributed by atoms with Gasteiger partial charge in [-0.1, -0.05) is 6.07 Å². The summed E-state index contributed by atoms with van der Waals surface area (Å²) < 4.78 is 52.4. The van der Waals surface area contributed by atoms with Crippen LogP contribution in [0.15, 0.2) is 24.3 Å². The maximum absolute atomic E-state index is 14.1. The summed E-state index contributed by atoms with van der Waals surface area (Å²) in [6, 6.07) is 4.24. The molecular formula is C18H19F4N3O2S. The maximum Gasteiger partial charge on any atom is 0.435 e. The van der Waals surface area contributed by atoms with E-state index in [0.29, 0.717) is 18.4 Å². The second kappa shape index (κ2) is 8.42. The summed E-state index contributed by atoms with van der Waals surface area (Å²) in [5.41, 5.74) is -1.31. The first-order valence-electron chi connectivity index (χ1n) is 8.71. The van der Waals surface area contributed by atoms with Crippen molar-refractivity contribution in [2.45, 2.75) is 25.6 Å². The highest BCUT2D eigenvalue weighted by molar-refractivity contribution is 7.99. The maximum atomic E-state index is 14.1. The fourth-order valence-electron chi connectivity index (χ4n) is 3.02. The van der Waals surface area contributed by atoms with Crippen LogP contribution in [0.2, 0.25) is 0 Å². The van der Waals surface area contributed by atoms with E-state index in [1.165, 1.54) is 17.0 Å². The summed E-state index contributed by atoms with van der Waals surface area (Å²) in [7, 11) is 0. The molecule has 1 atom stereocenters. The standard InChI is InChI=1S/C18H19F4N3O2S/c19-14-7-13(26)2-1-12(14)9-25(5-3-11-4-6-28-10-11)17(27)15-8-16(24-23-15)18(20,21)22/h1-2,7-8,11,26H,3-6,9-10H2,(H,23,24). The number of nitrogens with one attached hydrogen (secondary N) is 1. The van der Waals surface area contributed by atoms with Crippen LogP contribution in [0.3, 0.4) is 0 Å². The van der Waals surface area contributed by atoms with Gasteiger partial charge in [-0.15, -0.1) is 0 Å². The molecule has 0 aliphatic carbocycles. The van der Waals surface area contributed by atoms with Gasteiger partial charge < -0.3 is 10.0 Å². The Balaban J connectivity index is 1.79. The van der Waals surface area contributed by atoms with Gasteiger partial charge in [0.2, 0.25) is 0 Å². The molecule has 0 radical (unpaired) electrons. The van der Waals surface area contributed by atoms with Gasteiger partial charge in [-0.2, -0.15) is 30.0 Å². The van der Waals surface area contributed by atoms with E-state index < -0.39 is 23.6 Å². The van der Waals surface area contributed by atoms with E-state index in [9.17, 15) is 27.5 Å². The Hall–Kier alpha value is -2.23. The number of alkyl halides is 3. The number of aromatic nitrogens is 2. The lowest BCUT2D eigenvalue weighted by molar-refractivity contribution is -0.141. The molecule has 1 saturated heterocycles. The van der Waals surface area contributed by atoms with Gasteiger partial charge in [0.05, 0.1) is 0 Å². The second-order valence-electron chi connectivity index (χ2n) is 6.69. The molecule has 0 saturated carbocycles. The van der Waals surface area contributed by atoms with E-state index in [-0.39, 0.29) is 30.1 Å². The van der Waals surface area contributed by atoms with Crippen molar-refractivity contribution in [3.63, 3.8) is 0 Å². The van der Waals surface area contributed by atoms with E-state index in [4.69, 9.17) is 0 Å². The Morgan fingerprint density at radius 3 is 2.75 bits per heavy atom. The lowest BCUT2D eigenvalue weighted by atomic mass is 10.0. The van der Waals surface area contributed by atoms with Gasteiger partial charge in [-0.3, -0.25) is 9.89 Å².